The lowest BCUT2D eigenvalue weighted by Crippen LogP contribution is -2.54. The van der Waals surface area contributed by atoms with Crippen molar-refractivity contribution in [2.24, 2.45) is 0 Å². The van der Waals surface area contributed by atoms with Crippen LogP contribution in [0.25, 0.3) is 0 Å². The maximum absolute atomic E-state index is 14.6. The number of benzene rings is 4. The lowest BCUT2D eigenvalue weighted by atomic mass is 10.0. The molecule has 236 valence electrons. The van der Waals surface area contributed by atoms with Crippen molar-refractivity contribution in [3.05, 3.63) is 131 Å². The van der Waals surface area contributed by atoms with Crippen LogP contribution in [0.3, 0.4) is 0 Å². The highest BCUT2D eigenvalue weighted by molar-refractivity contribution is 7.92. The Bertz CT molecular complexity index is 1660. The van der Waals surface area contributed by atoms with E-state index in [9.17, 15) is 18.0 Å². The summed E-state index contributed by atoms with van der Waals surface area (Å²) in [6.45, 7) is 7.43. The summed E-state index contributed by atoms with van der Waals surface area (Å²) in [5.74, 6) is -0.750. The van der Waals surface area contributed by atoms with Crippen LogP contribution in [0.5, 0.6) is 0 Å². The van der Waals surface area contributed by atoms with Gasteiger partial charge in [-0.1, -0.05) is 110 Å². The van der Waals surface area contributed by atoms with Crippen LogP contribution in [0, 0.1) is 6.92 Å². The van der Waals surface area contributed by atoms with Crippen LogP contribution in [0.2, 0.25) is 0 Å². The fraction of sp³-hybridized carbons (Fsp3) is 0.297. The third kappa shape index (κ3) is 8.60. The summed E-state index contributed by atoms with van der Waals surface area (Å²) >= 11 is 0. The minimum absolute atomic E-state index is 0.0942. The minimum atomic E-state index is -4.15. The Labute approximate surface area is 268 Å². The van der Waals surface area contributed by atoms with Crippen LogP contribution in [0.1, 0.15) is 49.4 Å². The highest BCUT2D eigenvalue weighted by atomic mass is 32.2. The normalized spacial score (nSPS) is 12.6. The van der Waals surface area contributed by atoms with Crippen LogP contribution in [-0.4, -0.2) is 43.8 Å². The number of amides is 2. The standard InChI is InChI=1S/C37H43N3O4S/c1-5-29(4)38-37(42)35(25-30-15-9-7-10-16-30)39(26-31-17-11-8-12-18-31)36(41)27-40(34-20-14-13-19-32(34)6-2)45(43,44)33-23-21-28(3)22-24-33/h7-24,29,35H,5-6,25-27H2,1-4H3,(H,38,42)/t29-,35+/m1/s1. The van der Waals surface area contributed by atoms with Crippen LogP contribution in [-0.2, 0) is 39.0 Å². The number of aryl methyl sites for hydroxylation is 2. The summed E-state index contributed by atoms with van der Waals surface area (Å²) in [5, 5.41) is 3.07. The molecule has 4 rings (SSSR count). The number of anilines is 1. The first-order chi connectivity index (χ1) is 21.6. The molecule has 0 heterocycles. The van der Waals surface area contributed by atoms with Crippen molar-refractivity contribution in [3.8, 4) is 0 Å². The minimum Gasteiger partial charge on any atom is -0.352 e. The topological polar surface area (TPSA) is 86.8 Å². The molecule has 4 aromatic carbocycles. The highest BCUT2D eigenvalue weighted by Crippen LogP contribution is 2.28. The van der Waals surface area contributed by atoms with Crippen LogP contribution in [0.4, 0.5) is 5.69 Å². The third-order valence-electron chi connectivity index (χ3n) is 8.00. The smallest absolute Gasteiger partial charge is 0.264 e. The first-order valence-corrected chi connectivity index (χ1v) is 16.9. The molecule has 4 aromatic rings. The summed E-state index contributed by atoms with van der Waals surface area (Å²) in [7, 11) is -4.15. The van der Waals surface area contributed by atoms with Crippen molar-refractivity contribution in [2.45, 2.75) is 70.5 Å². The van der Waals surface area contributed by atoms with E-state index in [1.807, 2.05) is 100 Å². The Morgan fingerprint density at radius 2 is 1.36 bits per heavy atom. The molecule has 0 aliphatic carbocycles. The van der Waals surface area contributed by atoms with Gasteiger partial charge in [-0.25, -0.2) is 8.42 Å². The summed E-state index contributed by atoms with van der Waals surface area (Å²) in [6, 6.07) is 31.9. The van der Waals surface area contributed by atoms with Gasteiger partial charge in [-0.2, -0.15) is 0 Å². The Morgan fingerprint density at radius 1 is 0.778 bits per heavy atom. The average molecular weight is 626 g/mol. The van der Waals surface area contributed by atoms with Gasteiger partial charge >= 0.3 is 0 Å². The van der Waals surface area contributed by atoms with Crippen molar-refractivity contribution in [2.75, 3.05) is 10.8 Å². The molecule has 2 amide bonds. The van der Waals surface area contributed by atoms with Crippen molar-refractivity contribution in [1.29, 1.82) is 0 Å². The molecule has 0 saturated carbocycles. The fourth-order valence-corrected chi connectivity index (χ4v) is 6.63. The van der Waals surface area contributed by atoms with E-state index in [4.69, 9.17) is 0 Å². The van der Waals surface area contributed by atoms with Gasteiger partial charge in [-0.3, -0.25) is 13.9 Å². The van der Waals surface area contributed by atoms with Crippen molar-refractivity contribution < 1.29 is 18.0 Å². The molecule has 0 aliphatic rings. The number of carbonyl (C=O) groups excluding carboxylic acids is 2. The van der Waals surface area contributed by atoms with Crippen molar-refractivity contribution in [1.82, 2.24) is 10.2 Å². The first-order valence-electron chi connectivity index (χ1n) is 15.5. The van der Waals surface area contributed by atoms with E-state index in [2.05, 4.69) is 5.32 Å². The monoisotopic (exact) mass is 625 g/mol. The number of hydrogen-bond acceptors (Lipinski definition) is 4. The largest absolute Gasteiger partial charge is 0.352 e. The number of nitrogens with zero attached hydrogens (tertiary/aromatic N) is 2. The van der Waals surface area contributed by atoms with Gasteiger partial charge in [0.2, 0.25) is 11.8 Å². The van der Waals surface area contributed by atoms with Gasteiger partial charge in [0.25, 0.3) is 10.0 Å². The fourth-order valence-electron chi connectivity index (χ4n) is 5.18. The number of carbonyl (C=O) groups is 2. The molecule has 45 heavy (non-hydrogen) atoms. The molecule has 0 bridgehead atoms. The predicted molar refractivity (Wildman–Crippen MR) is 180 cm³/mol. The molecule has 8 heteroatoms. The van der Waals surface area contributed by atoms with E-state index in [0.29, 0.717) is 12.1 Å². The zero-order valence-electron chi connectivity index (χ0n) is 26.5. The molecule has 0 aromatic heterocycles. The summed E-state index contributed by atoms with van der Waals surface area (Å²) in [4.78, 5) is 30.1. The molecule has 7 nitrogen and oxygen atoms in total. The SMILES string of the molecule is CCc1ccccc1N(CC(=O)N(Cc1ccccc1)[C@@H](Cc1ccccc1)C(=O)N[C@H](C)CC)S(=O)(=O)c1ccc(C)cc1. The predicted octanol–water partition coefficient (Wildman–Crippen LogP) is 6.31. The highest BCUT2D eigenvalue weighted by Gasteiger charge is 2.35. The zero-order valence-corrected chi connectivity index (χ0v) is 27.3. The molecule has 0 fully saturated rings. The number of hydrogen-bond donors (Lipinski definition) is 1. The van der Waals surface area contributed by atoms with Gasteiger partial charge in [0.1, 0.15) is 12.6 Å². The number of sulfonamides is 1. The van der Waals surface area contributed by atoms with E-state index in [1.54, 1.807) is 36.4 Å². The second-order valence-corrected chi connectivity index (χ2v) is 13.2. The summed E-state index contributed by atoms with van der Waals surface area (Å²) < 4.78 is 29.8. The van der Waals surface area contributed by atoms with Crippen LogP contribution in [0.15, 0.2) is 114 Å². The Kier molecular flexibility index (Phi) is 11.5. The lowest BCUT2D eigenvalue weighted by molar-refractivity contribution is -0.140. The molecular formula is C37H43N3O4S. The van der Waals surface area contributed by atoms with Gasteiger partial charge in [0, 0.05) is 19.0 Å². The second kappa shape index (κ2) is 15.5. The summed E-state index contributed by atoms with van der Waals surface area (Å²) in [6.07, 6.45) is 1.58. The maximum Gasteiger partial charge on any atom is 0.264 e. The molecule has 2 atom stereocenters. The van der Waals surface area contributed by atoms with E-state index in [0.717, 1.165) is 28.7 Å². The van der Waals surface area contributed by atoms with E-state index in [1.165, 1.54) is 9.21 Å². The van der Waals surface area contributed by atoms with E-state index >= 15 is 0 Å². The van der Waals surface area contributed by atoms with Crippen molar-refractivity contribution >= 4 is 27.5 Å². The molecule has 0 saturated heterocycles. The zero-order chi connectivity index (χ0) is 32.4. The molecular weight excluding hydrogens is 582 g/mol. The number of rotatable bonds is 14. The molecule has 0 unspecified atom stereocenters. The van der Waals surface area contributed by atoms with E-state index < -0.39 is 28.5 Å². The van der Waals surface area contributed by atoms with Crippen molar-refractivity contribution in [3.63, 3.8) is 0 Å². The third-order valence-corrected chi connectivity index (χ3v) is 9.77. The number of nitrogens with one attached hydrogen (secondary N) is 1. The second-order valence-electron chi connectivity index (χ2n) is 11.3. The van der Waals surface area contributed by atoms with Crippen LogP contribution >= 0.6 is 0 Å². The van der Waals surface area contributed by atoms with E-state index in [-0.39, 0.29) is 29.8 Å². The lowest BCUT2D eigenvalue weighted by Gasteiger charge is -2.34. The van der Waals surface area contributed by atoms with Gasteiger partial charge < -0.3 is 10.2 Å². The number of para-hydroxylation sites is 1. The quantitative estimate of drug-likeness (QED) is 0.178. The Balaban J connectivity index is 1.82. The molecule has 1 N–H and O–H groups in total. The maximum atomic E-state index is 14.6. The Hall–Kier alpha value is -4.43. The van der Waals surface area contributed by atoms with Gasteiger partial charge in [0.15, 0.2) is 0 Å². The van der Waals surface area contributed by atoms with Gasteiger partial charge in [-0.15, -0.1) is 0 Å². The first kappa shape index (κ1) is 33.5. The molecule has 0 spiro atoms. The molecule has 0 aliphatic heterocycles. The molecule has 0 radical (unpaired) electrons. The average Bonchev–Trinajstić information content (AvgIpc) is 3.06. The van der Waals surface area contributed by atoms with Gasteiger partial charge in [0.05, 0.1) is 10.6 Å². The Morgan fingerprint density at radius 3 is 1.96 bits per heavy atom. The van der Waals surface area contributed by atoms with Crippen LogP contribution < -0.4 is 9.62 Å². The summed E-state index contributed by atoms with van der Waals surface area (Å²) in [5.41, 5.74) is 3.90. The van der Waals surface area contributed by atoms with Gasteiger partial charge in [-0.05, 0) is 61.6 Å².